The van der Waals surface area contributed by atoms with Gasteiger partial charge in [0.2, 0.25) is 0 Å². The molecule has 0 spiro atoms. The van der Waals surface area contributed by atoms with E-state index in [-0.39, 0.29) is 0 Å². The second kappa shape index (κ2) is 5.93. The van der Waals surface area contributed by atoms with E-state index in [0.29, 0.717) is 17.4 Å². The largest absolute Gasteiger partial charge is 0.487 e. The maximum absolute atomic E-state index is 9.44. The number of hydrogen-bond donors (Lipinski definition) is 1. The van der Waals surface area contributed by atoms with E-state index >= 15 is 0 Å². The predicted octanol–water partition coefficient (Wildman–Crippen LogP) is 4.69. The van der Waals surface area contributed by atoms with Crippen LogP contribution in [0.3, 0.4) is 0 Å². The zero-order valence-corrected chi connectivity index (χ0v) is 12.0. The van der Waals surface area contributed by atoms with Crippen LogP contribution >= 0.6 is 34.5 Å². The van der Waals surface area contributed by atoms with Gasteiger partial charge >= 0.3 is 0 Å². The first kappa shape index (κ1) is 13.7. The summed E-state index contributed by atoms with van der Waals surface area (Å²) in [6.45, 7) is 2.13. The van der Waals surface area contributed by atoms with Gasteiger partial charge in [0, 0.05) is 4.88 Å². The Bertz CT molecular complexity index is 538. The molecule has 1 atom stereocenters. The number of hydrogen-bond acceptors (Lipinski definition) is 3. The van der Waals surface area contributed by atoms with Gasteiger partial charge in [-0.05, 0) is 36.8 Å². The fourth-order valence-corrected chi connectivity index (χ4v) is 2.72. The Morgan fingerprint density at radius 2 is 2.06 bits per heavy atom. The van der Waals surface area contributed by atoms with Crippen molar-refractivity contribution in [1.82, 2.24) is 0 Å². The topological polar surface area (TPSA) is 29.5 Å². The van der Waals surface area contributed by atoms with Gasteiger partial charge in [0.25, 0.3) is 0 Å². The van der Waals surface area contributed by atoms with Crippen LogP contribution in [0.4, 0.5) is 0 Å². The molecule has 0 fully saturated rings. The van der Waals surface area contributed by atoms with E-state index in [4.69, 9.17) is 27.9 Å². The van der Waals surface area contributed by atoms with Crippen molar-refractivity contribution in [2.75, 3.05) is 0 Å². The summed E-state index contributed by atoms with van der Waals surface area (Å²) in [5.74, 6) is 0.602. The first-order valence-electron chi connectivity index (χ1n) is 5.41. The predicted molar refractivity (Wildman–Crippen MR) is 75.7 cm³/mol. The van der Waals surface area contributed by atoms with Gasteiger partial charge in [-0.15, -0.1) is 11.3 Å². The van der Waals surface area contributed by atoms with Crippen molar-refractivity contribution in [3.8, 4) is 5.75 Å². The van der Waals surface area contributed by atoms with E-state index < -0.39 is 6.10 Å². The van der Waals surface area contributed by atoms with Gasteiger partial charge in [-0.25, -0.2) is 0 Å². The summed E-state index contributed by atoms with van der Waals surface area (Å²) in [4.78, 5) is 1.04. The molecular weight excluding hydrogens is 291 g/mol. The number of aliphatic hydroxyl groups excluding tert-OH is 1. The highest BCUT2D eigenvalue weighted by Gasteiger charge is 2.07. The Balaban J connectivity index is 2.05. The van der Waals surface area contributed by atoms with Crippen LogP contribution in [-0.4, -0.2) is 5.11 Å². The fraction of sp³-hybridized carbons (Fsp3) is 0.231. The van der Waals surface area contributed by atoms with Gasteiger partial charge in [0.1, 0.15) is 12.4 Å². The Morgan fingerprint density at radius 3 is 2.61 bits per heavy atom. The van der Waals surface area contributed by atoms with Gasteiger partial charge in [-0.1, -0.05) is 29.3 Å². The number of halogens is 2. The second-order valence-corrected chi connectivity index (χ2v) is 6.07. The van der Waals surface area contributed by atoms with Crippen LogP contribution in [0.25, 0.3) is 0 Å². The lowest BCUT2D eigenvalue weighted by atomic mass is 10.1. The van der Waals surface area contributed by atoms with Crippen LogP contribution in [0, 0.1) is 0 Å². The second-order valence-electron chi connectivity index (χ2n) is 3.86. The van der Waals surface area contributed by atoms with Crippen molar-refractivity contribution in [1.29, 1.82) is 0 Å². The molecule has 0 saturated carbocycles. The van der Waals surface area contributed by atoms with E-state index in [9.17, 15) is 5.11 Å². The first-order chi connectivity index (χ1) is 8.56. The van der Waals surface area contributed by atoms with Gasteiger partial charge in [-0.2, -0.15) is 0 Å². The smallest absolute Gasteiger partial charge is 0.138 e. The summed E-state index contributed by atoms with van der Waals surface area (Å²) < 4.78 is 6.35. The molecule has 18 heavy (non-hydrogen) atoms. The van der Waals surface area contributed by atoms with Crippen LogP contribution in [0.1, 0.15) is 23.5 Å². The molecule has 1 aromatic carbocycles. The standard InChI is InChI=1S/C13H12Cl2O2S/c1-8(16)9-2-4-12(11(14)6-9)17-7-10-3-5-13(15)18-10/h2-6,8,16H,7H2,1H3/t8-/m1/s1. The lowest BCUT2D eigenvalue weighted by Gasteiger charge is -2.10. The minimum atomic E-state index is -0.535. The normalized spacial score (nSPS) is 12.4. The number of thiophene rings is 1. The summed E-state index contributed by atoms with van der Waals surface area (Å²) in [6, 6.07) is 9.03. The molecule has 1 aromatic heterocycles. The van der Waals surface area contributed by atoms with Crippen molar-refractivity contribution in [3.05, 3.63) is 50.1 Å². The molecule has 0 amide bonds. The summed E-state index contributed by atoms with van der Waals surface area (Å²) in [7, 11) is 0. The monoisotopic (exact) mass is 302 g/mol. The Kier molecular flexibility index (Phi) is 4.51. The molecule has 0 aliphatic carbocycles. The molecule has 0 aliphatic heterocycles. The molecule has 1 heterocycles. The van der Waals surface area contributed by atoms with E-state index in [1.54, 1.807) is 25.1 Å². The van der Waals surface area contributed by atoms with E-state index in [1.807, 2.05) is 12.1 Å². The van der Waals surface area contributed by atoms with Gasteiger partial charge in [0.15, 0.2) is 0 Å². The highest BCUT2D eigenvalue weighted by molar-refractivity contribution is 7.16. The van der Waals surface area contributed by atoms with Gasteiger partial charge in [-0.3, -0.25) is 0 Å². The zero-order chi connectivity index (χ0) is 13.1. The molecule has 0 unspecified atom stereocenters. The number of ether oxygens (including phenoxy) is 1. The Labute approximate surface area is 120 Å². The van der Waals surface area contributed by atoms with Gasteiger partial charge < -0.3 is 9.84 Å². The molecule has 96 valence electrons. The molecular formula is C13H12Cl2O2S. The highest BCUT2D eigenvalue weighted by atomic mass is 35.5. The summed E-state index contributed by atoms with van der Waals surface area (Å²) in [5.41, 5.74) is 0.770. The number of benzene rings is 1. The quantitative estimate of drug-likeness (QED) is 0.888. The molecule has 1 N–H and O–H groups in total. The molecule has 0 bridgehead atoms. The Hall–Kier alpha value is -0.740. The van der Waals surface area contributed by atoms with Crippen LogP contribution in [-0.2, 0) is 6.61 Å². The van der Waals surface area contributed by atoms with E-state index in [0.717, 1.165) is 14.8 Å². The summed E-state index contributed by atoms with van der Waals surface area (Å²) >= 11 is 13.4. The minimum absolute atomic E-state index is 0.436. The van der Waals surface area contributed by atoms with Crippen molar-refractivity contribution in [3.63, 3.8) is 0 Å². The highest BCUT2D eigenvalue weighted by Crippen LogP contribution is 2.29. The molecule has 2 rings (SSSR count). The van der Waals surface area contributed by atoms with Crippen LogP contribution in [0.15, 0.2) is 30.3 Å². The van der Waals surface area contributed by atoms with Crippen LogP contribution in [0.5, 0.6) is 5.75 Å². The van der Waals surface area contributed by atoms with Crippen molar-refractivity contribution in [2.45, 2.75) is 19.6 Å². The summed E-state index contributed by atoms with van der Waals surface area (Å²) in [6.07, 6.45) is -0.535. The van der Waals surface area contributed by atoms with Crippen molar-refractivity contribution >= 4 is 34.5 Å². The third-order valence-corrected chi connectivity index (χ3v) is 3.94. The SMILES string of the molecule is C[C@@H](O)c1ccc(OCc2ccc(Cl)s2)c(Cl)c1. The third kappa shape index (κ3) is 3.39. The minimum Gasteiger partial charge on any atom is -0.487 e. The molecule has 0 saturated heterocycles. The lowest BCUT2D eigenvalue weighted by molar-refractivity contribution is 0.199. The van der Waals surface area contributed by atoms with Gasteiger partial charge in [0.05, 0.1) is 15.5 Å². The fourth-order valence-electron chi connectivity index (χ4n) is 1.47. The van der Waals surface area contributed by atoms with Crippen LogP contribution in [0.2, 0.25) is 9.36 Å². The molecule has 0 radical (unpaired) electrons. The molecule has 2 nitrogen and oxygen atoms in total. The zero-order valence-electron chi connectivity index (χ0n) is 9.69. The average molecular weight is 303 g/mol. The molecule has 5 heteroatoms. The summed E-state index contributed by atoms with van der Waals surface area (Å²) in [5, 5.41) is 9.93. The van der Waals surface area contributed by atoms with E-state index in [1.165, 1.54) is 11.3 Å². The molecule has 0 aliphatic rings. The first-order valence-corrected chi connectivity index (χ1v) is 6.98. The maximum Gasteiger partial charge on any atom is 0.138 e. The lowest BCUT2D eigenvalue weighted by Crippen LogP contribution is -1.96. The van der Waals surface area contributed by atoms with E-state index in [2.05, 4.69) is 0 Å². The third-order valence-electron chi connectivity index (χ3n) is 2.44. The molecule has 2 aromatic rings. The van der Waals surface area contributed by atoms with Crippen molar-refractivity contribution < 1.29 is 9.84 Å². The number of rotatable bonds is 4. The number of aliphatic hydroxyl groups is 1. The van der Waals surface area contributed by atoms with Crippen LogP contribution < -0.4 is 4.74 Å². The Morgan fingerprint density at radius 1 is 1.28 bits per heavy atom. The average Bonchev–Trinajstić information content (AvgIpc) is 2.73. The van der Waals surface area contributed by atoms with Crippen molar-refractivity contribution in [2.24, 2.45) is 0 Å². The maximum atomic E-state index is 9.44.